The molecular weight excluding hydrogens is 284 g/mol. The van der Waals surface area contributed by atoms with E-state index in [1.54, 1.807) is 10.4 Å². The number of nitrogens with zero attached hydrogens (tertiary/aromatic N) is 1. The van der Waals surface area contributed by atoms with Crippen molar-refractivity contribution in [1.82, 2.24) is 4.31 Å². The minimum atomic E-state index is -3.37. The summed E-state index contributed by atoms with van der Waals surface area (Å²) in [4.78, 5) is 0.428. The molecule has 1 aromatic carbocycles. The first-order valence-corrected chi connectivity index (χ1v) is 9.31. The molecule has 2 unspecified atom stereocenters. The van der Waals surface area contributed by atoms with Gasteiger partial charge in [0.2, 0.25) is 10.0 Å². The number of sulfonamides is 1. The van der Waals surface area contributed by atoms with Crippen molar-refractivity contribution in [3.05, 3.63) is 23.8 Å². The quantitative estimate of drug-likeness (QED) is 0.914. The average Bonchev–Trinajstić information content (AvgIpc) is 2.46. The highest BCUT2D eigenvalue weighted by atomic mass is 32.2. The molecule has 1 N–H and O–H groups in total. The summed E-state index contributed by atoms with van der Waals surface area (Å²) in [6.07, 6.45) is 4.04. The van der Waals surface area contributed by atoms with E-state index in [1.807, 2.05) is 19.1 Å². The van der Waals surface area contributed by atoms with Crippen LogP contribution in [0.5, 0.6) is 0 Å². The molecule has 0 saturated carbocycles. The van der Waals surface area contributed by atoms with Crippen LogP contribution in [0.1, 0.15) is 38.7 Å². The number of anilines is 1. The molecule has 2 atom stereocenters. The molecule has 4 nitrogen and oxygen atoms in total. The fourth-order valence-corrected chi connectivity index (χ4v) is 5.16. The third kappa shape index (κ3) is 2.81. The zero-order valence-electron chi connectivity index (χ0n) is 12.8. The molecule has 0 spiro atoms. The van der Waals surface area contributed by atoms with E-state index in [1.165, 1.54) is 5.56 Å². The zero-order valence-corrected chi connectivity index (χ0v) is 13.6. The monoisotopic (exact) mass is 308 g/mol. The van der Waals surface area contributed by atoms with E-state index in [0.29, 0.717) is 17.4 Å². The van der Waals surface area contributed by atoms with Gasteiger partial charge >= 0.3 is 0 Å². The minimum absolute atomic E-state index is 0.0859. The van der Waals surface area contributed by atoms with Gasteiger partial charge in [-0.25, -0.2) is 8.42 Å². The van der Waals surface area contributed by atoms with E-state index in [2.05, 4.69) is 12.2 Å². The van der Waals surface area contributed by atoms with Gasteiger partial charge in [0.25, 0.3) is 0 Å². The Morgan fingerprint density at radius 3 is 2.86 bits per heavy atom. The van der Waals surface area contributed by atoms with E-state index in [0.717, 1.165) is 37.9 Å². The summed E-state index contributed by atoms with van der Waals surface area (Å²) in [6.45, 7) is 5.77. The van der Waals surface area contributed by atoms with Crippen LogP contribution in [-0.4, -0.2) is 31.9 Å². The molecule has 2 heterocycles. The lowest BCUT2D eigenvalue weighted by Crippen LogP contribution is -2.44. The van der Waals surface area contributed by atoms with Crippen molar-refractivity contribution in [1.29, 1.82) is 0 Å². The first-order valence-electron chi connectivity index (χ1n) is 7.87. The van der Waals surface area contributed by atoms with Gasteiger partial charge in [-0.05, 0) is 56.2 Å². The van der Waals surface area contributed by atoms with Gasteiger partial charge in [-0.2, -0.15) is 4.31 Å². The Balaban J connectivity index is 1.91. The zero-order chi connectivity index (χ0) is 15.0. The van der Waals surface area contributed by atoms with Crippen molar-refractivity contribution < 1.29 is 8.42 Å². The summed E-state index contributed by atoms with van der Waals surface area (Å²) >= 11 is 0. The van der Waals surface area contributed by atoms with Gasteiger partial charge in [-0.15, -0.1) is 0 Å². The predicted octanol–water partition coefficient (Wildman–Crippen LogP) is 2.85. The molecule has 0 aliphatic carbocycles. The molecule has 0 bridgehead atoms. The normalized spacial score (nSPS) is 27.0. The molecule has 2 aliphatic rings. The maximum absolute atomic E-state index is 12.9. The van der Waals surface area contributed by atoms with Crippen LogP contribution in [0, 0.1) is 5.92 Å². The van der Waals surface area contributed by atoms with E-state index in [-0.39, 0.29) is 6.04 Å². The fourth-order valence-electron chi connectivity index (χ4n) is 3.48. The second kappa shape index (κ2) is 5.61. The molecule has 0 aromatic heterocycles. The van der Waals surface area contributed by atoms with Crippen molar-refractivity contribution >= 4 is 15.7 Å². The van der Waals surface area contributed by atoms with Gasteiger partial charge in [0.15, 0.2) is 0 Å². The summed E-state index contributed by atoms with van der Waals surface area (Å²) in [6, 6.07) is 5.63. The molecule has 116 valence electrons. The molecule has 1 fully saturated rings. The average molecular weight is 308 g/mol. The molecular formula is C16H24N2O2S. The summed E-state index contributed by atoms with van der Waals surface area (Å²) in [5.74, 6) is 0.608. The lowest BCUT2D eigenvalue weighted by Gasteiger charge is -2.35. The van der Waals surface area contributed by atoms with Crippen LogP contribution >= 0.6 is 0 Å². The first kappa shape index (κ1) is 14.9. The summed E-state index contributed by atoms with van der Waals surface area (Å²) in [5.41, 5.74) is 2.21. The summed E-state index contributed by atoms with van der Waals surface area (Å²) in [7, 11) is -3.37. The van der Waals surface area contributed by atoms with Crippen molar-refractivity contribution in [2.24, 2.45) is 5.92 Å². The number of fused-ring (bicyclic) bond motifs is 1. The number of aryl methyl sites for hydroxylation is 1. The molecule has 5 heteroatoms. The van der Waals surface area contributed by atoms with Crippen LogP contribution in [0.15, 0.2) is 23.1 Å². The Kier molecular flexibility index (Phi) is 3.97. The van der Waals surface area contributed by atoms with Crippen molar-refractivity contribution in [3.63, 3.8) is 0 Å². The van der Waals surface area contributed by atoms with Gasteiger partial charge in [0, 0.05) is 24.8 Å². The maximum atomic E-state index is 12.9. The van der Waals surface area contributed by atoms with Crippen LogP contribution in [0.3, 0.4) is 0 Å². The van der Waals surface area contributed by atoms with Gasteiger partial charge in [-0.1, -0.05) is 13.0 Å². The molecule has 1 aromatic rings. The number of hydrogen-bond donors (Lipinski definition) is 1. The predicted molar refractivity (Wildman–Crippen MR) is 85.0 cm³/mol. The molecule has 0 radical (unpaired) electrons. The smallest absolute Gasteiger partial charge is 0.243 e. The third-order valence-corrected chi connectivity index (χ3v) is 6.71. The molecule has 21 heavy (non-hydrogen) atoms. The van der Waals surface area contributed by atoms with Gasteiger partial charge in [0.05, 0.1) is 4.90 Å². The highest BCUT2D eigenvalue weighted by Crippen LogP contribution is 2.31. The molecule has 1 saturated heterocycles. The summed E-state index contributed by atoms with van der Waals surface area (Å²) in [5, 5.41) is 3.31. The van der Waals surface area contributed by atoms with E-state index < -0.39 is 10.0 Å². The van der Waals surface area contributed by atoms with E-state index in [9.17, 15) is 8.42 Å². The molecule has 2 aliphatic heterocycles. The fraction of sp³-hybridized carbons (Fsp3) is 0.625. The maximum Gasteiger partial charge on any atom is 0.243 e. The number of nitrogens with one attached hydrogen (secondary N) is 1. The number of benzene rings is 1. The van der Waals surface area contributed by atoms with Crippen molar-refractivity contribution in [3.8, 4) is 0 Å². The van der Waals surface area contributed by atoms with Crippen molar-refractivity contribution in [2.45, 2.75) is 50.5 Å². The lowest BCUT2D eigenvalue weighted by molar-refractivity contribution is 0.220. The standard InChI is InChI=1S/C16H24N2O2S/c1-12-7-9-18(13(2)10-12)21(19,20)15-6-5-14-4-3-8-17-16(14)11-15/h5-6,11-13,17H,3-4,7-10H2,1-2H3. The van der Waals surface area contributed by atoms with E-state index in [4.69, 9.17) is 0 Å². The van der Waals surface area contributed by atoms with Gasteiger partial charge in [-0.3, -0.25) is 0 Å². The summed E-state index contributed by atoms with van der Waals surface area (Å²) < 4.78 is 27.5. The minimum Gasteiger partial charge on any atom is -0.385 e. The molecule has 3 rings (SSSR count). The lowest BCUT2D eigenvalue weighted by atomic mass is 9.95. The SMILES string of the molecule is CC1CCN(S(=O)(=O)c2ccc3c(c2)NCCC3)C(C)C1. The highest BCUT2D eigenvalue weighted by molar-refractivity contribution is 7.89. The van der Waals surface area contributed by atoms with Crippen LogP contribution in [-0.2, 0) is 16.4 Å². The third-order valence-electron chi connectivity index (χ3n) is 4.70. The second-order valence-electron chi connectivity index (χ2n) is 6.44. The largest absolute Gasteiger partial charge is 0.385 e. The van der Waals surface area contributed by atoms with Gasteiger partial charge < -0.3 is 5.32 Å². The topological polar surface area (TPSA) is 49.4 Å². The Labute approximate surface area is 127 Å². The Morgan fingerprint density at radius 2 is 2.10 bits per heavy atom. The molecule has 0 amide bonds. The van der Waals surface area contributed by atoms with Crippen LogP contribution in [0.4, 0.5) is 5.69 Å². The van der Waals surface area contributed by atoms with E-state index >= 15 is 0 Å². The number of rotatable bonds is 2. The number of hydrogen-bond acceptors (Lipinski definition) is 3. The second-order valence-corrected chi connectivity index (χ2v) is 8.33. The van der Waals surface area contributed by atoms with Crippen LogP contribution < -0.4 is 5.32 Å². The van der Waals surface area contributed by atoms with Gasteiger partial charge in [0.1, 0.15) is 0 Å². The Hall–Kier alpha value is -1.07. The number of piperidine rings is 1. The first-order chi connectivity index (χ1) is 9.98. The Morgan fingerprint density at radius 1 is 1.29 bits per heavy atom. The van der Waals surface area contributed by atoms with Crippen molar-refractivity contribution in [2.75, 3.05) is 18.4 Å². The highest BCUT2D eigenvalue weighted by Gasteiger charge is 2.33. The van der Waals surface area contributed by atoms with Crippen LogP contribution in [0.25, 0.3) is 0 Å². The van der Waals surface area contributed by atoms with Crippen LogP contribution in [0.2, 0.25) is 0 Å². The Bertz CT molecular complexity index is 627.